The average molecular weight is 390 g/mol. The standard InChI is InChI=1S/C19H27N5O2S/c1-14(18-21-17(22-26-18)15-6-4-3-5-7-15)23-9-11-24(12-10-23)19(25)16(20)8-13-27-2/h3-7,14,16H,8-13,20H2,1-2H3. The average Bonchev–Trinajstić information content (AvgIpc) is 3.22. The van der Waals surface area contributed by atoms with Crippen LogP contribution in [0.4, 0.5) is 0 Å². The minimum atomic E-state index is -0.397. The van der Waals surface area contributed by atoms with Crippen LogP contribution in [0.25, 0.3) is 11.4 Å². The van der Waals surface area contributed by atoms with Gasteiger partial charge in [-0.2, -0.15) is 16.7 Å². The van der Waals surface area contributed by atoms with E-state index in [1.54, 1.807) is 11.8 Å². The first-order chi connectivity index (χ1) is 13.1. The van der Waals surface area contributed by atoms with Crippen LogP contribution >= 0.6 is 11.8 Å². The number of nitrogens with two attached hydrogens (primary N) is 1. The number of aromatic nitrogens is 2. The molecule has 0 saturated carbocycles. The molecule has 2 heterocycles. The van der Waals surface area contributed by atoms with E-state index in [1.165, 1.54) is 0 Å². The lowest BCUT2D eigenvalue weighted by molar-refractivity contribution is -0.134. The van der Waals surface area contributed by atoms with Crippen LogP contribution in [0.1, 0.15) is 25.3 Å². The summed E-state index contributed by atoms with van der Waals surface area (Å²) in [6.07, 6.45) is 2.75. The number of carbonyl (C=O) groups is 1. The molecule has 1 saturated heterocycles. The third-order valence-corrected chi connectivity index (χ3v) is 5.60. The predicted molar refractivity (Wildman–Crippen MR) is 107 cm³/mol. The van der Waals surface area contributed by atoms with Crippen molar-refractivity contribution >= 4 is 17.7 Å². The summed E-state index contributed by atoms with van der Waals surface area (Å²) in [6.45, 7) is 4.95. The van der Waals surface area contributed by atoms with E-state index in [0.717, 1.165) is 30.8 Å². The molecule has 27 heavy (non-hydrogen) atoms. The molecule has 0 spiro atoms. The van der Waals surface area contributed by atoms with Gasteiger partial charge in [-0.3, -0.25) is 9.69 Å². The van der Waals surface area contributed by atoms with E-state index in [4.69, 9.17) is 10.3 Å². The Morgan fingerprint density at radius 3 is 2.63 bits per heavy atom. The van der Waals surface area contributed by atoms with E-state index >= 15 is 0 Å². The van der Waals surface area contributed by atoms with E-state index in [1.807, 2.05) is 41.5 Å². The molecule has 2 unspecified atom stereocenters. The molecule has 1 aliphatic rings. The highest BCUT2D eigenvalue weighted by Crippen LogP contribution is 2.23. The number of carbonyl (C=O) groups excluding carboxylic acids is 1. The smallest absolute Gasteiger partial charge is 0.244 e. The predicted octanol–water partition coefficient (Wildman–Crippen LogP) is 2.02. The molecule has 8 heteroatoms. The van der Waals surface area contributed by atoms with Crippen molar-refractivity contribution < 1.29 is 9.32 Å². The number of rotatable bonds is 7. The lowest BCUT2D eigenvalue weighted by atomic mass is 10.1. The summed E-state index contributed by atoms with van der Waals surface area (Å²) in [5.41, 5.74) is 6.97. The molecule has 2 atom stereocenters. The molecule has 0 bridgehead atoms. The molecule has 1 aromatic carbocycles. The van der Waals surface area contributed by atoms with Crippen LogP contribution in [0, 0.1) is 0 Å². The second-order valence-electron chi connectivity index (χ2n) is 6.75. The summed E-state index contributed by atoms with van der Waals surface area (Å²) in [4.78, 5) is 21.1. The number of amides is 1. The summed E-state index contributed by atoms with van der Waals surface area (Å²) < 4.78 is 5.49. The molecule has 1 aromatic heterocycles. The van der Waals surface area contributed by atoms with Crippen molar-refractivity contribution in [3.8, 4) is 11.4 Å². The third kappa shape index (κ3) is 4.88. The normalized spacial score (nSPS) is 17.7. The van der Waals surface area contributed by atoms with Crippen molar-refractivity contribution in [3.05, 3.63) is 36.2 Å². The first-order valence-corrected chi connectivity index (χ1v) is 10.7. The largest absolute Gasteiger partial charge is 0.339 e. The summed E-state index contributed by atoms with van der Waals surface area (Å²) in [6, 6.07) is 9.40. The Labute approximate surface area is 164 Å². The van der Waals surface area contributed by atoms with Gasteiger partial charge in [0.15, 0.2) is 0 Å². The van der Waals surface area contributed by atoms with E-state index in [0.29, 0.717) is 24.8 Å². The van der Waals surface area contributed by atoms with Crippen molar-refractivity contribution in [2.24, 2.45) is 5.73 Å². The van der Waals surface area contributed by atoms with Gasteiger partial charge in [0.1, 0.15) is 0 Å². The van der Waals surface area contributed by atoms with Crippen molar-refractivity contribution in [2.45, 2.75) is 25.4 Å². The number of benzene rings is 1. The monoisotopic (exact) mass is 389 g/mol. The fourth-order valence-corrected chi connectivity index (χ4v) is 3.69. The van der Waals surface area contributed by atoms with Crippen molar-refractivity contribution in [1.82, 2.24) is 19.9 Å². The SMILES string of the molecule is CSCCC(N)C(=O)N1CCN(C(C)c2nc(-c3ccccc3)no2)CC1. The minimum absolute atomic E-state index is 0.0115. The number of thioether (sulfide) groups is 1. The zero-order valence-corrected chi connectivity index (χ0v) is 16.7. The maximum Gasteiger partial charge on any atom is 0.244 e. The fourth-order valence-electron chi connectivity index (χ4n) is 3.20. The molecule has 0 radical (unpaired) electrons. The molecular formula is C19H27N5O2S. The maximum atomic E-state index is 12.4. The van der Waals surface area contributed by atoms with Crippen LogP contribution in [0.15, 0.2) is 34.9 Å². The van der Waals surface area contributed by atoms with Gasteiger partial charge >= 0.3 is 0 Å². The zero-order chi connectivity index (χ0) is 19.2. The van der Waals surface area contributed by atoms with Crippen molar-refractivity contribution in [2.75, 3.05) is 38.2 Å². The van der Waals surface area contributed by atoms with Gasteiger partial charge in [-0.25, -0.2) is 0 Å². The Morgan fingerprint density at radius 1 is 1.26 bits per heavy atom. The molecule has 3 rings (SSSR count). The Morgan fingerprint density at radius 2 is 1.96 bits per heavy atom. The first-order valence-electron chi connectivity index (χ1n) is 9.26. The van der Waals surface area contributed by atoms with Crippen LogP contribution in [-0.2, 0) is 4.79 Å². The molecule has 2 N–H and O–H groups in total. The van der Waals surface area contributed by atoms with Crippen LogP contribution in [-0.4, -0.2) is 70.1 Å². The molecular weight excluding hydrogens is 362 g/mol. The van der Waals surface area contributed by atoms with Crippen LogP contribution in [0.5, 0.6) is 0 Å². The van der Waals surface area contributed by atoms with Crippen LogP contribution < -0.4 is 5.73 Å². The highest BCUT2D eigenvalue weighted by molar-refractivity contribution is 7.98. The Kier molecular flexibility index (Phi) is 6.87. The van der Waals surface area contributed by atoms with Gasteiger partial charge in [-0.05, 0) is 25.4 Å². The quantitative estimate of drug-likeness (QED) is 0.775. The van der Waals surface area contributed by atoms with E-state index in [-0.39, 0.29) is 11.9 Å². The molecule has 7 nitrogen and oxygen atoms in total. The molecule has 146 valence electrons. The van der Waals surface area contributed by atoms with Gasteiger partial charge in [-0.1, -0.05) is 35.5 Å². The Balaban J connectivity index is 1.55. The Hall–Kier alpha value is -1.90. The first kappa shape index (κ1) is 19.9. The summed E-state index contributed by atoms with van der Waals surface area (Å²) in [7, 11) is 0. The number of hydrogen-bond acceptors (Lipinski definition) is 7. The molecule has 2 aromatic rings. The van der Waals surface area contributed by atoms with Crippen LogP contribution in [0.2, 0.25) is 0 Å². The third-order valence-electron chi connectivity index (χ3n) is 4.95. The second-order valence-corrected chi connectivity index (χ2v) is 7.73. The number of piperazine rings is 1. The van der Waals surface area contributed by atoms with Crippen LogP contribution in [0.3, 0.4) is 0 Å². The lowest BCUT2D eigenvalue weighted by Gasteiger charge is -2.37. The van der Waals surface area contributed by atoms with Gasteiger partial charge in [0, 0.05) is 31.7 Å². The van der Waals surface area contributed by atoms with E-state index < -0.39 is 6.04 Å². The summed E-state index contributed by atoms with van der Waals surface area (Å²) in [5.74, 6) is 2.17. The van der Waals surface area contributed by atoms with Crippen molar-refractivity contribution in [3.63, 3.8) is 0 Å². The van der Waals surface area contributed by atoms with E-state index in [9.17, 15) is 4.79 Å². The van der Waals surface area contributed by atoms with Gasteiger partial charge < -0.3 is 15.2 Å². The second kappa shape index (κ2) is 9.34. The van der Waals surface area contributed by atoms with Gasteiger partial charge in [0.05, 0.1) is 12.1 Å². The number of nitrogens with zero attached hydrogens (tertiary/aromatic N) is 4. The molecule has 1 aliphatic heterocycles. The Bertz CT molecular complexity index is 731. The summed E-state index contributed by atoms with van der Waals surface area (Å²) in [5, 5.41) is 4.10. The molecule has 0 aliphatic carbocycles. The van der Waals surface area contributed by atoms with Gasteiger partial charge in [-0.15, -0.1) is 0 Å². The highest BCUT2D eigenvalue weighted by Gasteiger charge is 2.29. The number of hydrogen-bond donors (Lipinski definition) is 1. The van der Waals surface area contributed by atoms with E-state index in [2.05, 4.69) is 22.0 Å². The highest BCUT2D eigenvalue weighted by atomic mass is 32.2. The fraction of sp³-hybridized carbons (Fsp3) is 0.526. The molecule has 1 fully saturated rings. The zero-order valence-electron chi connectivity index (χ0n) is 15.9. The van der Waals surface area contributed by atoms with Crippen molar-refractivity contribution in [1.29, 1.82) is 0 Å². The maximum absolute atomic E-state index is 12.4. The summed E-state index contributed by atoms with van der Waals surface area (Å²) >= 11 is 1.71. The van der Waals surface area contributed by atoms with Gasteiger partial charge in [0.25, 0.3) is 0 Å². The minimum Gasteiger partial charge on any atom is -0.339 e. The topological polar surface area (TPSA) is 88.5 Å². The lowest BCUT2D eigenvalue weighted by Crippen LogP contribution is -2.53. The van der Waals surface area contributed by atoms with Gasteiger partial charge in [0.2, 0.25) is 17.6 Å². The molecule has 1 amide bonds.